The maximum absolute atomic E-state index is 11.7. The molecule has 118 valence electrons. The summed E-state index contributed by atoms with van der Waals surface area (Å²) >= 11 is 5.96. The fraction of sp³-hybridized carbons (Fsp3) is 0.125. The third-order valence-corrected chi connectivity index (χ3v) is 3.67. The van der Waals surface area contributed by atoms with Crippen LogP contribution in [0, 0.1) is 0 Å². The van der Waals surface area contributed by atoms with Gasteiger partial charge in [-0.2, -0.15) is 0 Å². The van der Waals surface area contributed by atoms with Crippen LogP contribution < -0.4 is 9.47 Å². The Bertz CT molecular complexity index is 904. The summed E-state index contributed by atoms with van der Waals surface area (Å²) in [6.07, 6.45) is 1.53. The zero-order chi connectivity index (χ0) is 16.6. The minimum absolute atomic E-state index is 0.0368. The van der Waals surface area contributed by atoms with Crippen LogP contribution in [0.5, 0.6) is 11.5 Å². The number of carboxylic acids is 1. The van der Waals surface area contributed by atoms with Gasteiger partial charge in [0.05, 0.1) is 19.2 Å². The SMILES string of the molecule is COc1ccc(-c2nc3ccc(Cl)cn3c2C(=O)O)cc1OC. The Kier molecular flexibility index (Phi) is 3.83. The Morgan fingerprint density at radius 3 is 2.57 bits per heavy atom. The number of halogens is 1. The number of ether oxygens (including phenoxy) is 2. The average molecular weight is 333 g/mol. The molecule has 0 amide bonds. The number of fused-ring (bicyclic) bond motifs is 1. The lowest BCUT2D eigenvalue weighted by Gasteiger charge is -2.09. The van der Waals surface area contributed by atoms with Gasteiger partial charge in [-0.3, -0.25) is 4.40 Å². The van der Waals surface area contributed by atoms with Gasteiger partial charge in [0.25, 0.3) is 0 Å². The minimum atomic E-state index is -1.09. The third kappa shape index (κ3) is 2.57. The number of methoxy groups -OCH3 is 2. The molecule has 7 heteroatoms. The van der Waals surface area contributed by atoms with Crippen molar-refractivity contribution in [2.45, 2.75) is 0 Å². The molecule has 2 heterocycles. The second kappa shape index (κ2) is 5.81. The Hall–Kier alpha value is -2.73. The predicted octanol–water partition coefficient (Wildman–Crippen LogP) is 3.37. The van der Waals surface area contributed by atoms with Crippen molar-refractivity contribution in [2.24, 2.45) is 0 Å². The van der Waals surface area contributed by atoms with Crippen molar-refractivity contribution in [2.75, 3.05) is 14.2 Å². The summed E-state index contributed by atoms with van der Waals surface area (Å²) in [5.41, 5.74) is 1.48. The number of rotatable bonds is 4. The molecule has 0 unspecified atom stereocenters. The summed E-state index contributed by atoms with van der Waals surface area (Å²) in [6.45, 7) is 0. The van der Waals surface area contributed by atoms with Gasteiger partial charge in [0.1, 0.15) is 11.3 Å². The van der Waals surface area contributed by atoms with Crippen LogP contribution in [0.3, 0.4) is 0 Å². The Balaban J connectivity index is 2.27. The quantitative estimate of drug-likeness (QED) is 0.793. The molecule has 1 aromatic carbocycles. The maximum atomic E-state index is 11.7. The first-order chi connectivity index (χ1) is 11.0. The number of pyridine rings is 1. The summed E-state index contributed by atoms with van der Waals surface area (Å²) in [5, 5.41) is 10.00. The molecule has 0 spiro atoms. The molecule has 0 saturated carbocycles. The van der Waals surface area contributed by atoms with E-state index in [1.54, 1.807) is 30.3 Å². The molecule has 1 N–H and O–H groups in total. The minimum Gasteiger partial charge on any atom is -0.493 e. The third-order valence-electron chi connectivity index (χ3n) is 3.44. The van der Waals surface area contributed by atoms with E-state index in [4.69, 9.17) is 21.1 Å². The van der Waals surface area contributed by atoms with Gasteiger partial charge in [-0.05, 0) is 30.3 Å². The lowest BCUT2D eigenvalue weighted by molar-refractivity contribution is 0.0690. The highest BCUT2D eigenvalue weighted by atomic mass is 35.5. The second-order valence-electron chi connectivity index (χ2n) is 4.76. The van der Waals surface area contributed by atoms with Crippen molar-refractivity contribution >= 4 is 23.2 Å². The number of hydrogen-bond donors (Lipinski definition) is 1. The second-order valence-corrected chi connectivity index (χ2v) is 5.20. The smallest absolute Gasteiger partial charge is 0.355 e. The van der Waals surface area contributed by atoms with Gasteiger partial charge in [-0.25, -0.2) is 9.78 Å². The number of aromatic nitrogens is 2. The summed E-state index contributed by atoms with van der Waals surface area (Å²) in [6, 6.07) is 8.45. The number of aromatic carboxylic acids is 1. The molecule has 0 aliphatic carbocycles. The van der Waals surface area contributed by atoms with Gasteiger partial charge < -0.3 is 14.6 Å². The van der Waals surface area contributed by atoms with Gasteiger partial charge >= 0.3 is 5.97 Å². The van der Waals surface area contributed by atoms with Crippen LogP contribution in [-0.2, 0) is 0 Å². The molecular formula is C16H13ClN2O4. The molecule has 23 heavy (non-hydrogen) atoms. The summed E-state index contributed by atoms with van der Waals surface area (Å²) in [4.78, 5) is 16.1. The molecule has 3 rings (SSSR count). The Morgan fingerprint density at radius 1 is 1.17 bits per heavy atom. The lowest BCUT2D eigenvalue weighted by atomic mass is 10.1. The van der Waals surface area contributed by atoms with Gasteiger partial charge in [-0.1, -0.05) is 11.6 Å². The number of benzene rings is 1. The molecule has 0 saturated heterocycles. The molecule has 6 nitrogen and oxygen atoms in total. The molecule has 3 aromatic rings. The van der Waals surface area contributed by atoms with E-state index in [2.05, 4.69) is 4.98 Å². The zero-order valence-electron chi connectivity index (χ0n) is 12.4. The van der Waals surface area contributed by atoms with E-state index >= 15 is 0 Å². The molecule has 0 aliphatic heterocycles. The van der Waals surface area contributed by atoms with Crippen LogP contribution >= 0.6 is 11.6 Å². The van der Waals surface area contributed by atoms with Gasteiger partial charge in [0.15, 0.2) is 17.2 Å². The number of carbonyl (C=O) groups is 1. The highest BCUT2D eigenvalue weighted by Gasteiger charge is 2.21. The maximum Gasteiger partial charge on any atom is 0.355 e. The van der Waals surface area contributed by atoms with Gasteiger partial charge in [0, 0.05) is 11.8 Å². The first-order valence-electron chi connectivity index (χ1n) is 6.68. The monoisotopic (exact) mass is 332 g/mol. The topological polar surface area (TPSA) is 73.1 Å². The molecule has 0 radical (unpaired) electrons. The number of imidazole rings is 1. The van der Waals surface area contributed by atoms with Crippen LogP contribution in [0.1, 0.15) is 10.5 Å². The molecule has 2 aromatic heterocycles. The normalized spacial score (nSPS) is 10.7. The molecule has 0 aliphatic rings. The van der Waals surface area contributed by atoms with Crippen LogP contribution in [0.4, 0.5) is 0 Å². The average Bonchev–Trinajstić information content (AvgIpc) is 2.92. The van der Waals surface area contributed by atoms with E-state index in [1.807, 2.05) is 0 Å². The first kappa shape index (κ1) is 15.2. The van der Waals surface area contributed by atoms with Crippen molar-refractivity contribution in [1.29, 1.82) is 0 Å². The van der Waals surface area contributed by atoms with E-state index in [1.165, 1.54) is 24.8 Å². The largest absolute Gasteiger partial charge is 0.493 e. The highest BCUT2D eigenvalue weighted by Crippen LogP contribution is 2.33. The van der Waals surface area contributed by atoms with Crippen molar-refractivity contribution in [1.82, 2.24) is 9.38 Å². The fourth-order valence-electron chi connectivity index (χ4n) is 2.41. The van der Waals surface area contributed by atoms with E-state index in [0.29, 0.717) is 33.4 Å². The van der Waals surface area contributed by atoms with E-state index in [0.717, 1.165) is 0 Å². The summed E-state index contributed by atoms with van der Waals surface area (Å²) < 4.78 is 11.9. The standard InChI is InChI=1S/C16H13ClN2O4/c1-22-11-5-3-9(7-12(11)23-2)14-15(16(20)21)19-8-10(17)4-6-13(19)18-14/h3-8H,1-2H3,(H,20,21). The van der Waals surface area contributed by atoms with E-state index in [-0.39, 0.29) is 5.69 Å². The van der Waals surface area contributed by atoms with Crippen LogP contribution in [-0.4, -0.2) is 34.7 Å². The van der Waals surface area contributed by atoms with Crippen molar-refractivity contribution in [3.63, 3.8) is 0 Å². The van der Waals surface area contributed by atoms with E-state index in [9.17, 15) is 9.90 Å². The van der Waals surface area contributed by atoms with Crippen molar-refractivity contribution in [3.8, 4) is 22.8 Å². The van der Waals surface area contributed by atoms with E-state index < -0.39 is 5.97 Å². The molecule has 0 fully saturated rings. The predicted molar refractivity (Wildman–Crippen MR) is 85.7 cm³/mol. The molecule has 0 bridgehead atoms. The van der Waals surface area contributed by atoms with Gasteiger partial charge in [0.2, 0.25) is 0 Å². The summed E-state index contributed by atoms with van der Waals surface area (Å²) in [5.74, 6) is -0.0408. The first-order valence-corrected chi connectivity index (χ1v) is 7.06. The van der Waals surface area contributed by atoms with Crippen LogP contribution in [0.15, 0.2) is 36.5 Å². The fourth-order valence-corrected chi connectivity index (χ4v) is 2.57. The number of hydrogen-bond acceptors (Lipinski definition) is 4. The molecule has 0 atom stereocenters. The highest BCUT2D eigenvalue weighted by molar-refractivity contribution is 6.30. The number of nitrogens with zero attached hydrogens (tertiary/aromatic N) is 2. The molecular weight excluding hydrogens is 320 g/mol. The summed E-state index contributed by atoms with van der Waals surface area (Å²) in [7, 11) is 3.05. The van der Waals surface area contributed by atoms with Crippen molar-refractivity contribution < 1.29 is 19.4 Å². The Morgan fingerprint density at radius 2 is 1.91 bits per heavy atom. The van der Waals surface area contributed by atoms with Crippen molar-refractivity contribution in [3.05, 3.63) is 47.2 Å². The lowest BCUT2D eigenvalue weighted by Crippen LogP contribution is -2.03. The Labute approximate surface area is 136 Å². The van der Waals surface area contributed by atoms with Crippen LogP contribution in [0.2, 0.25) is 5.02 Å². The van der Waals surface area contributed by atoms with Gasteiger partial charge in [-0.15, -0.1) is 0 Å². The van der Waals surface area contributed by atoms with Crippen LogP contribution in [0.25, 0.3) is 16.9 Å². The zero-order valence-corrected chi connectivity index (χ0v) is 13.2. The number of carboxylic acid groups (broad SMARTS) is 1.